The normalized spacial score (nSPS) is 10.9. The van der Waals surface area contributed by atoms with Crippen LogP contribution in [-0.4, -0.2) is 4.98 Å². The Morgan fingerprint density at radius 1 is 1.05 bits per heavy atom. The Morgan fingerprint density at radius 3 is 2.50 bits per heavy atom. The Kier molecular flexibility index (Phi) is 3.23. The molecule has 0 bridgehead atoms. The molecule has 3 aromatic rings. The first-order valence-corrected chi connectivity index (χ1v) is 6.84. The molecule has 0 amide bonds. The van der Waals surface area contributed by atoms with E-state index in [0.29, 0.717) is 5.52 Å². The highest BCUT2D eigenvalue weighted by atomic mass is 19.1. The zero-order valence-corrected chi connectivity index (χ0v) is 11.7. The molecule has 0 atom stereocenters. The number of benzene rings is 2. The van der Waals surface area contributed by atoms with Crippen LogP contribution in [0.2, 0.25) is 0 Å². The van der Waals surface area contributed by atoms with Crippen LogP contribution in [0, 0.1) is 12.7 Å². The van der Waals surface area contributed by atoms with Crippen LogP contribution in [-0.2, 0) is 6.42 Å². The molecule has 0 fully saturated rings. The summed E-state index contributed by atoms with van der Waals surface area (Å²) >= 11 is 0. The third-order valence-corrected chi connectivity index (χ3v) is 3.62. The van der Waals surface area contributed by atoms with Gasteiger partial charge in [-0.05, 0) is 36.6 Å². The van der Waals surface area contributed by atoms with E-state index in [1.807, 2.05) is 19.1 Å². The zero-order valence-electron chi connectivity index (χ0n) is 11.7. The van der Waals surface area contributed by atoms with Crippen LogP contribution in [0.15, 0.2) is 48.5 Å². The van der Waals surface area contributed by atoms with Crippen molar-refractivity contribution in [1.82, 2.24) is 4.98 Å². The van der Waals surface area contributed by atoms with Crippen molar-refractivity contribution >= 4 is 10.9 Å². The van der Waals surface area contributed by atoms with Crippen molar-refractivity contribution in [2.45, 2.75) is 20.3 Å². The van der Waals surface area contributed by atoms with Crippen molar-refractivity contribution in [2.24, 2.45) is 0 Å². The molecule has 1 nitrogen and oxygen atoms in total. The third kappa shape index (κ3) is 2.18. The summed E-state index contributed by atoms with van der Waals surface area (Å²) in [6.45, 7) is 4.14. The van der Waals surface area contributed by atoms with Crippen LogP contribution in [0.1, 0.15) is 18.1 Å². The molecule has 1 aromatic heterocycles. The van der Waals surface area contributed by atoms with Gasteiger partial charge in [0.15, 0.2) is 0 Å². The molecule has 20 heavy (non-hydrogen) atoms. The number of nitrogens with zero attached hydrogens (tertiary/aromatic N) is 1. The van der Waals surface area contributed by atoms with E-state index in [2.05, 4.69) is 36.2 Å². The predicted octanol–water partition coefficient (Wildman–Crippen LogP) is 4.91. The Balaban J connectivity index is 2.19. The van der Waals surface area contributed by atoms with Crippen LogP contribution in [0.3, 0.4) is 0 Å². The van der Waals surface area contributed by atoms with Crippen molar-refractivity contribution < 1.29 is 4.39 Å². The van der Waals surface area contributed by atoms with Crippen molar-refractivity contribution in [1.29, 1.82) is 0 Å². The molecule has 100 valence electrons. The summed E-state index contributed by atoms with van der Waals surface area (Å²) in [6.07, 6.45) is 1.01. The van der Waals surface area contributed by atoms with Crippen LogP contribution in [0.5, 0.6) is 0 Å². The number of para-hydroxylation sites is 1. The average Bonchev–Trinajstić information content (AvgIpc) is 2.47. The SMILES string of the molecule is CCc1ccc(-c2nc3c(F)cccc3cc2C)cc1. The van der Waals surface area contributed by atoms with Crippen molar-refractivity contribution in [3.63, 3.8) is 0 Å². The highest BCUT2D eigenvalue weighted by molar-refractivity contribution is 5.83. The second-order valence-corrected chi connectivity index (χ2v) is 5.02. The van der Waals surface area contributed by atoms with Crippen molar-refractivity contribution in [2.75, 3.05) is 0 Å². The molecule has 0 unspecified atom stereocenters. The van der Waals surface area contributed by atoms with Gasteiger partial charge in [0.2, 0.25) is 0 Å². The molecule has 0 radical (unpaired) electrons. The third-order valence-electron chi connectivity index (χ3n) is 3.62. The van der Waals surface area contributed by atoms with Gasteiger partial charge in [0, 0.05) is 10.9 Å². The Morgan fingerprint density at radius 2 is 1.80 bits per heavy atom. The predicted molar refractivity (Wildman–Crippen MR) is 81.3 cm³/mol. The number of hydrogen-bond donors (Lipinski definition) is 0. The summed E-state index contributed by atoms with van der Waals surface area (Å²) in [4.78, 5) is 4.53. The summed E-state index contributed by atoms with van der Waals surface area (Å²) in [5.74, 6) is -0.270. The second kappa shape index (κ2) is 5.04. The minimum Gasteiger partial charge on any atom is -0.244 e. The molecule has 0 saturated carbocycles. The lowest BCUT2D eigenvalue weighted by Gasteiger charge is -2.09. The lowest BCUT2D eigenvalue weighted by Crippen LogP contribution is -1.92. The molecule has 0 aliphatic rings. The lowest BCUT2D eigenvalue weighted by atomic mass is 10.0. The monoisotopic (exact) mass is 265 g/mol. The van der Waals surface area contributed by atoms with Gasteiger partial charge < -0.3 is 0 Å². The van der Waals surface area contributed by atoms with Crippen LogP contribution in [0.4, 0.5) is 4.39 Å². The van der Waals surface area contributed by atoms with Crippen LogP contribution in [0.25, 0.3) is 22.2 Å². The van der Waals surface area contributed by atoms with Gasteiger partial charge >= 0.3 is 0 Å². The van der Waals surface area contributed by atoms with Crippen molar-refractivity contribution in [3.8, 4) is 11.3 Å². The quantitative estimate of drug-likeness (QED) is 0.641. The molecule has 2 heteroatoms. The van der Waals surface area contributed by atoms with Gasteiger partial charge in [-0.25, -0.2) is 9.37 Å². The average molecular weight is 265 g/mol. The number of hydrogen-bond acceptors (Lipinski definition) is 1. The Hall–Kier alpha value is -2.22. The van der Waals surface area contributed by atoms with E-state index in [1.165, 1.54) is 11.6 Å². The highest BCUT2D eigenvalue weighted by Crippen LogP contribution is 2.26. The van der Waals surface area contributed by atoms with E-state index >= 15 is 0 Å². The van der Waals surface area contributed by atoms with E-state index < -0.39 is 0 Å². The van der Waals surface area contributed by atoms with Gasteiger partial charge in [0.05, 0.1) is 5.69 Å². The molecule has 1 heterocycles. The maximum atomic E-state index is 13.9. The summed E-state index contributed by atoms with van der Waals surface area (Å²) in [6, 6.07) is 15.4. The highest BCUT2D eigenvalue weighted by Gasteiger charge is 2.08. The fourth-order valence-electron chi connectivity index (χ4n) is 2.46. The molecule has 0 saturated heterocycles. The zero-order chi connectivity index (χ0) is 14.1. The van der Waals surface area contributed by atoms with E-state index in [0.717, 1.165) is 28.6 Å². The van der Waals surface area contributed by atoms with Crippen LogP contribution < -0.4 is 0 Å². The first-order chi connectivity index (χ1) is 9.69. The molecule has 0 spiro atoms. The fourth-order valence-corrected chi connectivity index (χ4v) is 2.46. The fraction of sp³-hybridized carbons (Fsp3) is 0.167. The molecule has 3 rings (SSSR count). The Labute approximate surface area is 118 Å². The molecule has 0 aliphatic heterocycles. The summed E-state index contributed by atoms with van der Waals surface area (Å²) < 4.78 is 13.9. The minimum absolute atomic E-state index is 0.270. The molecule has 2 aromatic carbocycles. The van der Waals surface area contributed by atoms with E-state index in [-0.39, 0.29) is 5.82 Å². The smallest absolute Gasteiger partial charge is 0.149 e. The van der Waals surface area contributed by atoms with Gasteiger partial charge in [-0.3, -0.25) is 0 Å². The second-order valence-electron chi connectivity index (χ2n) is 5.02. The van der Waals surface area contributed by atoms with Crippen molar-refractivity contribution in [3.05, 3.63) is 65.5 Å². The van der Waals surface area contributed by atoms with E-state index in [4.69, 9.17) is 0 Å². The number of halogens is 1. The minimum atomic E-state index is -0.270. The lowest BCUT2D eigenvalue weighted by molar-refractivity contribution is 0.637. The topological polar surface area (TPSA) is 12.9 Å². The molecular weight excluding hydrogens is 249 g/mol. The largest absolute Gasteiger partial charge is 0.244 e. The number of fused-ring (bicyclic) bond motifs is 1. The van der Waals surface area contributed by atoms with E-state index in [9.17, 15) is 4.39 Å². The standard InChI is InChI=1S/C18H16FN/c1-3-13-7-9-14(10-8-13)17-12(2)11-15-5-4-6-16(19)18(15)20-17/h4-11H,3H2,1-2H3. The maximum Gasteiger partial charge on any atom is 0.149 e. The summed E-state index contributed by atoms with van der Waals surface area (Å²) in [5.41, 5.74) is 4.67. The number of aryl methyl sites for hydroxylation is 2. The van der Waals surface area contributed by atoms with Gasteiger partial charge in [-0.2, -0.15) is 0 Å². The van der Waals surface area contributed by atoms with E-state index in [1.54, 1.807) is 6.07 Å². The van der Waals surface area contributed by atoms with Gasteiger partial charge in [-0.1, -0.05) is 43.3 Å². The number of aromatic nitrogens is 1. The first-order valence-electron chi connectivity index (χ1n) is 6.84. The summed E-state index contributed by atoms with van der Waals surface area (Å²) in [7, 11) is 0. The molecular formula is C18H16FN. The summed E-state index contributed by atoms with van der Waals surface area (Å²) in [5, 5.41) is 0.844. The van der Waals surface area contributed by atoms with Gasteiger partial charge in [-0.15, -0.1) is 0 Å². The molecule has 0 N–H and O–H groups in total. The first kappa shape index (κ1) is 12.8. The van der Waals surface area contributed by atoms with Gasteiger partial charge in [0.1, 0.15) is 11.3 Å². The number of pyridine rings is 1. The molecule has 0 aliphatic carbocycles. The van der Waals surface area contributed by atoms with Crippen LogP contribution >= 0.6 is 0 Å². The number of rotatable bonds is 2. The van der Waals surface area contributed by atoms with Gasteiger partial charge in [0.25, 0.3) is 0 Å². The Bertz CT molecular complexity index is 760. The maximum absolute atomic E-state index is 13.9.